The number of ketones is 1. The Morgan fingerprint density at radius 3 is 2.60 bits per heavy atom. The number of aromatic amines is 2. The average molecular weight is 544 g/mol. The van der Waals surface area contributed by atoms with E-state index in [4.69, 9.17) is 4.74 Å². The molecule has 0 fully saturated rings. The lowest BCUT2D eigenvalue weighted by Crippen LogP contribution is -2.29. The van der Waals surface area contributed by atoms with E-state index in [-0.39, 0.29) is 18.3 Å². The quantitative estimate of drug-likeness (QED) is 0.175. The highest BCUT2D eigenvalue weighted by Gasteiger charge is 2.23. The number of ether oxygens (including phenoxy) is 1. The Morgan fingerprint density at radius 2 is 1.88 bits per heavy atom. The van der Waals surface area contributed by atoms with E-state index in [9.17, 15) is 18.2 Å². The molecule has 3 heterocycles. The summed E-state index contributed by atoms with van der Waals surface area (Å²) in [6.45, 7) is 2.07. The molecule has 0 bridgehead atoms. The van der Waals surface area contributed by atoms with Gasteiger partial charge in [-0.25, -0.2) is 0 Å². The first-order chi connectivity index (χ1) is 19.4. The van der Waals surface area contributed by atoms with Gasteiger partial charge in [0.1, 0.15) is 11.5 Å². The van der Waals surface area contributed by atoms with Gasteiger partial charge in [-0.15, -0.1) is 0 Å². The van der Waals surface area contributed by atoms with Gasteiger partial charge in [0.25, 0.3) is 5.91 Å². The number of rotatable bonds is 13. The predicted octanol–water partition coefficient (Wildman–Crippen LogP) is 4.15. The highest BCUT2D eigenvalue weighted by atomic mass is 19.2. The minimum atomic E-state index is -2.68. The zero-order valence-corrected chi connectivity index (χ0v) is 22.3. The molecule has 0 unspecified atom stereocenters. The fraction of sp³-hybridized carbons (Fsp3) is 0.233. The number of benzene rings is 1. The van der Waals surface area contributed by atoms with E-state index in [0.29, 0.717) is 46.5 Å². The second-order valence-corrected chi connectivity index (χ2v) is 9.36. The highest BCUT2D eigenvalue weighted by molar-refractivity contribution is 6.42. The zero-order chi connectivity index (χ0) is 28.3. The molecular formula is C30H31BF2N4O3. The van der Waals surface area contributed by atoms with Crippen LogP contribution in [0.1, 0.15) is 43.9 Å². The van der Waals surface area contributed by atoms with Crippen LogP contribution in [0, 0.1) is 0 Å². The molecule has 7 nitrogen and oxygen atoms in total. The number of nitrogens with zero attached hydrogens (tertiary/aromatic N) is 1. The Morgan fingerprint density at radius 1 is 1.05 bits per heavy atom. The van der Waals surface area contributed by atoms with Crippen molar-refractivity contribution >= 4 is 37.0 Å². The Balaban J connectivity index is 1.33. The first-order valence-electron chi connectivity index (χ1n) is 13.1. The van der Waals surface area contributed by atoms with Gasteiger partial charge in [0.15, 0.2) is 6.61 Å². The Labute approximate surface area is 231 Å². The van der Waals surface area contributed by atoms with E-state index in [2.05, 4.69) is 21.0 Å². The van der Waals surface area contributed by atoms with Crippen molar-refractivity contribution in [1.29, 1.82) is 0 Å². The van der Waals surface area contributed by atoms with Crippen LogP contribution in [0.15, 0.2) is 66.9 Å². The lowest BCUT2D eigenvalue weighted by Gasteiger charge is -2.07. The number of hydrogen-bond acceptors (Lipinski definition) is 3. The number of H-pyrrole nitrogens is 2. The maximum Gasteiger partial charge on any atom is 0.678 e. The molecule has 3 N–H and O–H groups in total. The molecule has 10 heteroatoms. The van der Waals surface area contributed by atoms with Gasteiger partial charge in [0.05, 0.1) is 16.7 Å². The number of unbranched alkanes of at least 4 members (excludes halogenated alkanes) is 2. The molecule has 1 aromatic carbocycles. The van der Waals surface area contributed by atoms with E-state index < -0.39 is 7.40 Å². The SMILES string of the molecule is CC(=O)CCCCCNC(=O)COc1ccc(C=C=c2ccc(=Cc3ccc(-c4ccc[nH]4)n3B(F)F)[nH]2)cc1. The van der Waals surface area contributed by atoms with Crippen LogP contribution in [-0.4, -0.2) is 46.7 Å². The second-order valence-electron chi connectivity index (χ2n) is 9.36. The van der Waals surface area contributed by atoms with Crippen LogP contribution < -0.4 is 20.8 Å². The predicted molar refractivity (Wildman–Crippen MR) is 153 cm³/mol. The maximum atomic E-state index is 13.8. The molecule has 0 radical (unpaired) electrons. The summed E-state index contributed by atoms with van der Waals surface area (Å²) >= 11 is 0. The van der Waals surface area contributed by atoms with Crippen LogP contribution in [-0.2, 0) is 9.59 Å². The van der Waals surface area contributed by atoms with Gasteiger partial charge in [0.2, 0.25) is 0 Å². The number of carbonyl (C=O) groups is 2. The minimum Gasteiger partial charge on any atom is -0.484 e. The summed E-state index contributed by atoms with van der Waals surface area (Å²) in [4.78, 5) is 29.0. The molecule has 0 aliphatic rings. The number of amides is 1. The topological polar surface area (TPSA) is 91.9 Å². The summed E-state index contributed by atoms with van der Waals surface area (Å²) < 4.78 is 34.2. The summed E-state index contributed by atoms with van der Waals surface area (Å²) in [6, 6.07) is 17.7. The van der Waals surface area contributed by atoms with Crippen molar-refractivity contribution in [2.24, 2.45) is 0 Å². The molecule has 40 heavy (non-hydrogen) atoms. The molecule has 3 aromatic heterocycles. The van der Waals surface area contributed by atoms with Gasteiger partial charge in [-0.1, -0.05) is 24.3 Å². The largest absolute Gasteiger partial charge is 0.678 e. The van der Waals surface area contributed by atoms with Gasteiger partial charge in [-0.05, 0) is 86.0 Å². The average Bonchev–Trinajstić information content (AvgIpc) is 3.70. The third kappa shape index (κ3) is 8.22. The number of hydrogen-bond donors (Lipinski definition) is 3. The van der Waals surface area contributed by atoms with Crippen molar-refractivity contribution in [2.75, 3.05) is 13.2 Å². The van der Waals surface area contributed by atoms with E-state index in [1.54, 1.807) is 67.7 Å². The molecule has 0 saturated heterocycles. The fourth-order valence-electron chi connectivity index (χ4n) is 4.17. The molecular weight excluding hydrogens is 513 g/mol. The van der Waals surface area contributed by atoms with E-state index in [1.165, 1.54) is 0 Å². The summed E-state index contributed by atoms with van der Waals surface area (Å²) in [6.07, 6.45) is 8.32. The molecule has 0 spiro atoms. The molecule has 0 saturated carbocycles. The van der Waals surface area contributed by atoms with Crippen molar-refractivity contribution in [3.8, 4) is 17.1 Å². The molecule has 0 atom stereocenters. The Kier molecular flexibility index (Phi) is 9.96. The Hall–Kier alpha value is -4.56. The monoisotopic (exact) mass is 544 g/mol. The lowest BCUT2D eigenvalue weighted by molar-refractivity contribution is -0.123. The summed E-state index contributed by atoms with van der Waals surface area (Å²) in [7, 11) is -2.68. The van der Waals surface area contributed by atoms with E-state index in [1.807, 2.05) is 18.2 Å². The maximum absolute atomic E-state index is 13.8. The Bertz CT molecular complexity index is 1570. The molecule has 4 rings (SSSR count). The van der Waals surface area contributed by atoms with Gasteiger partial charge in [-0.3, -0.25) is 13.4 Å². The first-order valence-corrected chi connectivity index (χ1v) is 13.1. The van der Waals surface area contributed by atoms with E-state index in [0.717, 1.165) is 29.3 Å². The number of aromatic nitrogens is 3. The van der Waals surface area contributed by atoms with E-state index >= 15 is 0 Å². The number of Topliss-reactive ketones (excluding diaryl/α,β-unsaturated/α-hetero) is 1. The van der Waals surface area contributed by atoms with Crippen molar-refractivity contribution in [3.63, 3.8) is 0 Å². The summed E-state index contributed by atoms with van der Waals surface area (Å²) in [5.41, 5.74) is 5.46. The lowest BCUT2D eigenvalue weighted by atomic mass is 10.1. The normalized spacial score (nSPS) is 11.2. The van der Waals surface area contributed by atoms with Gasteiger partial charge in [0, 0.05) is 30.2 Å². The third-order valence-electron chi connectivity index (χ3n) is 6.20. The van der Waals surface area contributed by atoms with Crippen molar-refractivity contribution in [1.82, 2.24) is 19.8 Å². The number of nitrogens with one attached hydrogen (secondary N) is 3. The van der Waals surface area contributed by atoms with Crippen LogP contribution >= 0.6 is 0 Å². The van der Waals surface area contributed by atoms with Crippen LogP contribution in [0.4, 0.5) is 8.63 Å². The third-order valence-corrected chi connectivity index (χ3v) is 6.20. The molecule has 0 aliphatic heterocycles. The van der Waals surface area contributed by atoms with Crippen LogP contribution in [0.5, 0.6) is 5.75 Å². The fourth-order valence-corrected chi connectivity index (χ4v) is 4.17. The number of carbonyl (C=O) groups excluding carboxylic acids is 2. The number of halogens is 2. The smallest absolute Gasteiger partial charge is 0.484 e. The standard InChI is InChI=1S/C30H31BF2N4O3/c1-22(38)6-3-2-4-18-35-30(39)21-40-27-15-9-23(10-16-27)8-11-24-12-13-25(36-24)20-26-14-17-29(37(26)31(32)33)28-7-5-19-34-28/h5,7-10,12-17,19-20,34,36H,2-4,6,18,21H2,1H3,(H,35,39). The van der Waals surface area contributed by atoms with Crippen molar-refractivity contribution in [3.05, 3.63) is 88.8 Å². The van der Waals surface area contributed by atoms with Crippen LogP contribution in [0.3, 0.4) is 0 Å². The zero-order valence-electron chi connectivity index (χ0n) is 22.3. The molecule has 1 amide bonds. The first kappa shape index (κ1) is 28.5. The molecule has 0 aliphatic carbocycles. The van der Waals surface area contributed by atoms with Crippen LogP contribution in [0.2, 0.25) is 0 Å². The minimum absolute atomic E-state index is 0.0715. The summed E-state index contributed by atoms with van der Waals surface area (Å²) in [5, 5.41) is 4.18. The van der Waals surface area contributed by atoms with Crippen LogP contribution in [0.25, 0.3) is 29.3 Å². The second kappa shape index (κ2) is 14.0. The highest BCUT2D eigenvalue weighted by Crippen LogP contribution is 2.22. The summed E-state index contributed by atoms with van der Waals surface area (Å²) in [5.74, 6) is 0.573. The van der Waals surface area contributed by atoms with Gasteiger partial charge >= 0.3 is 7.40 Å². The van der Waals surface area contributed by atoms with Gasteiger partial charge < -0.3 is 29.3 Å². The van der Waals surface area contributed by atoms with Gasteiger partial charge in [-0.2, -0.15) is 0 Å². The van der Waals surface area contributed by atoms with Crippen molar-refractivity contribution in [2.45, 2.75) is 32.6 Å². The molecule has 206 valence electrons. The van der Waals surface area contributed by atoms with Crippen molar-refractivity contribution < 1.29 is 23.0 Å². The molecule has 4 aromatic rings.